The molecule has 0 N–H and O–H groups in total. The van der Waals surface area contributed by atoms with E-state index in [0.29, 0.717) is 6.61 Å². The van der Waals surface area contributed by atoms with Gasteiger partial charge in [-0.1, -0.05) is 12.1 Å². The van der Waals surface area contributed by atoms with E-state index in [1.807, 2.05) is 30.5 Å². The Labute approximate surface area is 114 Å². The van der Waals surface area contributed by atoms with Gasteiger partial charge in [-0.25, -0.2) is 0 Å². The average Bonchev–Trinajstić information content (AvgIpc) is 2.48. The summed E-state index contributed by atoms with van der Waals surface area (Å²) in [5, 5.41) is 0. The molecule has 19 heavy (non-hydrogen) atoms. The highest BCUT2D eigenvalue weighted by molar-refractivity contribution is 5.50. The molecule has 2 rings (SSSR count). The van der Waals surface area contributed by atoms with Crippen LogP contribution in [0.3, 0.4) is 0 Å². The summed E-state index contributed by atoms with van der Waals surface area (Å²) >= 11 is 0. The van der Waals surface area contributed by atoms with Gasteiger partial charge in [0.05, 0.1) is 0 Å². The van der Waals surface area contributed by atoms with Crippen molar-refractivity contribution in [1.82, 2.24) is 4.98 Å². The molecule has 0 saturated heterocycles. The van der Waals surface area contributed by atoms with E-state index < -0.39 is 0 Å². The second-order valence-electron chi connectivity index (χ2n) is 4.32. The summed E-state index contributed by atoms with van der Waals surface area (Å²) in [6.45, 7) is 6.87. The number of pyridine rings is 1. The third kappa shape index (κ3) is 3.71. The molecule has 1 heterocycles. The first-order chi connectivity index (χ1) is 9.33. The molecule has 0 spiro atoms. The fourth-order valence-electron chi connectivity index (χ4n) is 2.01. The molecule has 3 nitrogen and oxygen atoms in total. The first kappa shape index (κ1) is 13.4. The van der Waals surface area contributed by atoms with E-state index in [0.717, 1.165) is 24.4 Å². The molecule has 100 valence electrons. The Morgan fingerprint density at radius 1 is 1.11 bits per heavy atom. The molecule has 0 aliphatic rings. The maximum atomic E-state index is 5.81. The van der Waals surface area contributed by atoms with Crippen LogP contribution in [-0.4, -0.2) is 18.1 Å². The molecular weight excluding hydrogens is 236 g/mol. The van der Waals surface area contributed by atoms with Crippen molar-refractivity contribution >= 4 is 5.69 Å². The van der Waals surface area contributed by atoms with Crippen molar-refractivity contribution in [2.75, 3.05) is 18.0 Å². The van der Waals surface area contributed by atoms with Crippen LogP contribution in [0.5, 0.6) is 5.75 Å². The maximum absolute atomic E-state index is 5.81. The Kier molecular flexibility index (Phi) is 4.78. The zero-order chi connectivity index (χ0) is 13.5. The van der Waals surface area contributed by atoms with Gasteiger partial charge in [0.25, 0.3) is 0 Å². The number of hydrogen-bond acceptors (Lipinski definition) is 3. The second-order valence-corrected chi connectivity index (χ2v) is 4.32. The number of hydrogen-bond donors (Lipinski definition) is 0. The van der Waals surface area contributed by atoms with Crippen LogP contribution >= 0.6 is 0 Å². The minimum absolute atomic E-state index is 0.551. The summed E-state index contributed by atoms with van der Waals surface area (Å²) in [6, 6.07) is 12.2. The van der Waals surface area contributed by atoms with Crippen LogP contribution in [0.4, 0.5) is 5.69 Å². The normalized spacial score (nSPS) is 10.2. The fourth-order valence-corrected chi connectivity index (χ4v) is 2.01. The maximum Gasteiger partial charge on any atom is 0.121 e. The number of nitrogens with zero attached hydrogens (tertiary/aromatic N) is 2. The Morgan fingerprint density at radius 2 is 1.95 bits per heavy atom. The molecule has 1 aromatic carbocycles. The van der Waals surface area contributed by atoms with Gasteiger partial charge in [0.1, 0.15) is 12.4 Å². The molecule has 0 saturated carbocycles. The lowest BCUT2D eigenvalue weighted by atomic mass is 10.2. The molecular formula is C16H20N2O. The Balaban J connectivity index is 2.03. The highest BCUT2D eigenvalue weighted by Gasteiger charge is 2.03. The number of aromatic nitrogens is 1. The van der Waals surface area contributed by atoms with Crippen molar-refractivity contribution in [3.05, 3.63) is 54.4 Å². The topological polar surface area (TPSA) is 25.4 Å². The lowest BCUT2D eigenvalue weighted by Crippen LogP contribution is -2.21. The largest absolute Gasteiger partial charge is 0.489 e. The SMILES string of the molecule is CCN(CC)c1cccc(OCc2cccnc2)c1. The zero-order valence-electron chi connectivity index (χ0n) is 11.5. The lowest BCUT2D eigenvalue weighted by Gasteiger charge is -2.21. The van der Waals surface area contributed by atoms with Gasteiger partial charge in [0.2, 0.25) is 0 Å². The standard InChI is InChI=1S/C16H20N2O/c1-3-18(4-2)15-8-5-9-16(11-15)19-13-14-7-6-10-17-12-14/h5-12H,3-4,13H2,1-2H3. The van der Waals surface area contributed by atoms with Crippen LogP contribution in [0, 0.1) is 0 Å². The highest BCUT2D eigenvalue weighted by atomic mass is 16.5. The van der Waals surface area contributed by atoms with Crippen LogP contribution in [0.25, 0.3) is 0 Å². The molecule has 1 aromatic heterocycles. The predicted molar refractivity (Wildman–Crippen MR) is 78.6 cm³/mol. The van der Waals surface area contributed by atoms with E-state index in [1.54, 1.807) is 6.20 Å². The molecule has 0 unspecified atom stereocenters. The second kappa shape index (κ2) is 6.78. The average molecular weight is 256 g/mol. The van der Waals surface area contributed by atoms with Crippen molar-refractivity contribution < 1.29 is 4.74 Å². The van der Waals surface area contributed by atoms with E-state index in [-0.39, 0.29) is 0 Å². The van der Waals surface area contributed by atoms with Crippen LogP contribution in [-0.2, 0) is 6.61 Å². The summed E-state index contributed by atoms with van der Waals surface area (Å²) in [5.41, 5.74) is 2.28. The Bertz CT molecular complexity index is 495. The highest BCUT2D eigenvalue weighted by Crippen LogP contribution is 2.21. The van der Waals surface area contributed by atoms with Gasteiger partial charge in [-0.05, 0) is 32.0 Å². The third-order valence-electron chi connectivity index (χ3n) is 3.07. The monoisotopic (exact) mass is 256 g/mol. The van der Waals surface area contributed by atoms with Gasteiger partial charge in [-0.2, -0.15) is 0 Å². The third-order valence-corrected chi connectivity index (χ3v) is 3.07. The minimum atomic E-state index is 0.551. The minimum Gasteiger partial charge on any atom is -0.489 e. The van der Waals surface area contributed by atoms with Crippen LogP contribution in [0.2, 0.25) is 0 Å². The summed E-state index contributed by atoms with van der Waals surface area (Å²) in [6.07, 6.45) is 3.60. The predicted octanol–water partition coefficient (Wildman–Crippen LogP) is 3.51. The summed E-state index contributed by atoms with van der Waals surface area (Å²) in [5.74, 6) is 0.897. The first-order valence-electron chi connectivity index (χ1n) is 6.70. The molecule has 0 amide bonds. The van der Waals surface area contributed by atoms with Crippen LogP contribution in [0.15, 0.2) is 48.8 Å². The van der Waals surface area contributed by atoms with Crippen molar-refractivity contribution in [2.24, 2.45) is 0 Å². The van der Waals surface area contributed by atoms with Crippen molar-refractivity contribution in [1.29, 1.82) is 0 Å². The van der Waals surface area contributed by atoms with Gasteiger partial charge in [-0.15, -0.1) is 0 Å². The van der Waals surface area contributed by atoms with E-state index in [9.17, 15) is 0 Å². The molecule has 0 aliphatic carbocycles. The number of anilines is 1. The Morgan fingerprint density at radius 3 is 2.63 bits per heavy atom. The van der Waals surface area contributed by atoms with E-state index in [2.05, 4.69) is 35.9 Å². The summed E-state index contributed by atoms with van der Waals surface area (Å²) < 4.78 is 5.81. The van der Waals surface area contributed by atoms with Gasteiger partial charge < -0.3 is 9.64 Å². The van der Waals surface area contributed by atoms with Gasteiger partial charge in [-0.3, -0.25) is 4.98 Å². The van der Waals surface area contributed by atoms with Crippen LogP contribution in [0.1, 0.15) is 19.4 Å². The van der Waals surface area contributed by atoms with Gasteiger partial charge >= 0.3 is 0 Å². The molecule has 3 heteroatoms. The molecule has 0 bridgehead atoms. The molecule has 2 aromatic rings. The molecule has 0 radical (unpaired) electrons. The van der Waals surface area contributed by atoms with Crippen molar-refractivity contribution in [3.8, 4) is 5.75 Å². The zero-order valence-corrected chi connectivity index (χ0v) is 11.5. The van der Waals surface area contributed by atoms with E-state index >= 15 is 0 Å². The number of benzene rings is 1. The first-order valence-corrected chi connectivity index (χ1v) is 6.70. The smallest absolute Gasteiger partial charge is 0.121 e. The molecule has 0 fully saturated rings. The van der Waals surface area contributed by atoms with Crippen molar-refractivity contribution in [3.63, 3.8) is 0 Å². The van der Waals surface area contributed by atoms with E-state index in [1.165, 1.54) is 5.69 Å². The van der Waals surface area contributed by atoms with E-state index in [4.69, 9.17) is 4.74 Å². The number of rotatable bonds is 6. The van der Waals surface area contributed by atoms with Crippen LogP contribution < -0.4 is 9.64 Å². The van der Waals surface area contributed by atoms with Gasteiger partial charge in [0, 0.05) is 42.8 Å². The Hall–Kier alpha value is -2.03. The summed E-state index contributed by atoms with van der Waals surface area (Å²) in [7, 11) is 0. The molecule has 0 atom stereocenters. The van der Waals surface area contributed by atoms with Gasteiger partial charge in [0.15, 0.2) is 0 Å². The lowest BCUT2D eigenvalue weighted by molar-refractivity contribution is 0.306. The molecule has 0 aliphatic heterocycles. The fraction of sp³-hybridized carbons (Fsp3) is 0.312. The van der Waals surface area contributed by atoms with Crippen molar-refractivity contribution in [2.45, 2.75) is 20.5 Å². The number of ether oxygens (including phenoxy) is 1. The quantitative estimate of drug-likeness (QED) is 0.791. The summed E-state index contributed by atoms with van der Waals surface area (Å²) in [4.78, 5) is 6.38.